The van der Waals surface area contributed by atoms with Gasteiger partial charge in [-0.15, -0.1) is 0 Å². The molecular formula is C22H24N4O6. The molecule has 2 heterocycles. The molecule has 32 heavy (non-hydrogen) atoms. The van der Waals surface area contributed by atoms with Gasteiger partial charge >= 0.3 is 11.9 Å². The van der Waals surface area contributed by atoms with Crippen LogP contribution >= 0.6 is 0 Å². The Morgan fingerprint density at radius 3 is 2.53 bits per heavy atom. The highest BCUT2D eigenvalue weighted by atomic mass is 16.4. The topological polar surface area (TPSA) is 154 Å². The van der Waals surface area contributed by atoms with Gasteiger partial charge in [0, 0.05) is 25.2 Å². The van der Waals surface area contributed by atoms with Crippen molar-refractivity contribution in [2.24, 2.45) is 7.05 Å². The lowest BCUT2D eigenvalue weighted by Gasteiger charge is -2.13. The molecule has 0 saturated carbocycles. The van der Waals surface area contributed by atoms with E-state index in [2.05, 4.69) is 15.3 Å². The summed E-state index contributed by atoms with van der Waals surface area (Å²) in [5, 5.41) is 20.8. The smallest absolute Gasteiger partial charge is 0.326 e. The molecule has 0 aliphatic heterocycles. The number of hydrogen-bond donors (Lipinski definition) is 4. The Labute approximate surface area is 182 Å². The fourth-order valence-corrected chi connectivity index (χ4v) is 3.57. The highest BCUT2D eigenvalue weighted by Crippen LogP contribution is 2.17. The van der Waals surface area contributed by atoms with Crippen LogP contribution in [-0.4, -0.2) is 48.6 Å². The van der Waals surface area contributed by atoms with E-state index < -0.39 is 23.9 Å². The Morgan fingerprint density at radius 1 is 1.16 bits per heavy atom. The average Bonchev–Trinajstić information content (AvgIpc) is 3.08. The summed E-state index contributed by atoms with van der Waals surface area (Å²) in [4.78, 5) is 53.1. The minimum Gasteiger partial charge on any atom is -0.481 e. The maximum absolute atomic E-state index is 12.3. The second kappa shape index (κ2) is 9.90. The van der Waals surface area contributed by atoms with Crippen LogP contribution in [0.4, 0.5) is 0 Å². The highest BCUT2D eigenvalue weighted by molar-refractivity contribution is 5.96. The first-order valence-corrected chi connectivity index (χ1v) is 10.1. The molecule has 0 aliphatic rings. The molecule has 10 heteroatoms. The summed E-state index contributed by atoms with van der Waals surface area (Å²) in [6.07, 6.45) is 4.96. The zero-order chi connectivity index (χ0) is 23.3. The van der Waals surface area contributed by atoms with Crippen LogP contribution in [0.2, 0.25) is 0 Å². The van der Waals surface area contributed by atoms with Crippen molar-refractivity contribution in [1.82, 2.24) is 19.9 Å². The predicted molar refractivity (Wildman–Crippen MR) is 116 cm³/mol. The molecule has 0 radical (unpaired) electrons. The van der Waals surface area contributed by atoms with Crippen LogP contribution in [0.15, 0.2) is 41.6 Å². The number of hydrogen-bond acceptors (Lipinski definition) is 5. The number of H-pyrrole nitrogens is 1. The molecule has 168 valence electrons. The number of aromatic nitrogens is 3. The molecule has 10 nitrogen and oxygen atoms in total. The number of nitrogens with one attached hydrogen (secondary N) is 2. The van der Waals surface area contributed by atoms with Crippen LogP contribution in [0.5, 0.6) is 0 Å². The Kier molecular flexibility index (Phi) is 7.04. The van der Waals surface area contributed by atoms with Gasteiger partial charge < -0.3 is 25.1 Å². The Bertz CT molecular complexity index is 1200. The highest BCUT2D eigenvalue weighted by Gasteiger charge is 2.21. The third kappa shape index (κ3) is 5.39. The standard InChI is InChI=1S/C22H24N4O6/c1-26-11-15(18-19(26)23-12-24-21(18)30)4-2-3-13-5-7-14(8-6-13)20(29)25-16(22(31)32)9-10-17(27)28/h5-8,11-12,16H,2-4,9-10H2,1H3,(H,25,29)(H,27,28)(H,31,32)(H,23,24,30)/t16-/m0/s1. The van der Waals surface area contributed by atoms with Crippen LogP contribution in [0.25, 0.3) is 11.0 Å². The number of aliphatic carboxylic acids is 2. The molecule has 1 aromatic carbocycles. The Hall–Kier alpha value is -3.95. The monoisotopic (exact) mass is 440 g/mol. The first kappa shape index (κ1) is 22.7. The minimum atomic E-state index is -1.28. The van der Waals surface area contributed by atoms with Crippen molar-refractivity contribution in [2.75, 3.05) is 0 Å². The number of carbonyl (C=O) groups excluding carboxylic acids is 1. The van der Waals surface area contributed by atoms with Gasteiger partial charge in [-0.2, -0.15) is 0 Å². The molecule has 0 fully saturated rings. The predicted octanol–water partition coefficient (Wildman–Crippen LogP) is 1.48. The van der Waals surface area contributed by atoms with Crippen molar-refractivity contribution in [3.8, 4) is 0 Å². The van der Waals surface area contributed by atoms with Crippen molar-refractivity contribution in [3.63, 3.8) is 0 Å². The lowest BCUT2D eigenvalue weighted by Crippen LogP contribution is -2.41. The SMILES string of the molecule is Cn1cc(CCCc2ccc(C(=O)N[C@@H](CCC(=O)O)C(=O)O)cc2)c2c(=O)[nH]cnc21. The summed E-state index contributed by atoms with van der Waals surface area (Å²) in [7, 11) is 1.85. The molecule has 0 unspecified atom stereocenters. The Balaban J connectivity index is 1.58. The summed E-state index contributed by atoms with van der Waals surface area (Å²) in [6.45, 7) is 0. The molecule has 1 amide bonds. The van der Waals surface area contributed by atoms with Crippen molar-refractivity contribution >= 4 is 28.9 Å². The zero-order valence-corrected chi connectivity index (χ0v) is 17.5. The van der Waals surface area contributed by atoms with Crippen molar-refractivity contribution in [3.05, 3.63) is 63.8 Å². The first-order chi connectivity index (χ1) is 15.3. The normalized spacial score (nSPS) is 11.9. The number of carboxylic acid groups (broad SMARTS) is 2. The maximum atomic E-state index is 12.3. The number of aryl methyl sites for hydroxylation is 3. The molecule has 0 saturated heterocycles. The molecule has 0 spiro atoms. The van der Waals surface area contributed by atoms with E-state index in [1.165, 1.54) is 6.33 Å². The van der Waals surface area contributed by atoms with Gasteiger partial charge in [0.25, 0.3) is 11.5 Å². The second-order valence-electron chi connectivity index (χ2n) is 7.54. The summed E-state index contributed by atoms with van der Waals surface area (Å²) in [6, 6.07) is 5.52. The van der Waals surface area contributed by atoms with E-state index in [9.17, 15) is 19.2 Å². The molecule has 2 aromatic heterocycles. The number of fused-ring (bicyclic) bond motifs is 1. The summed E-state index contributed by atoms with van der Waals surface area (Å²) in [5.41, 5.74) is 2.69. The van der Waals surface area contributed by atoms with Crippen LogP contribution in [0.3, 0.4) is 0 Å². The third-order valence-electron chi connectivity index (χ3n) is 5.22. The molecule has 4 N–H and O–H groups in total. The molecule has 3 rings (SSSR count). The van der Waals surface area contributed by atoms with Crippen LogP contribution in [0.1, 0.15) is 40.7 Å². The summed E-state index contributed by atoms with van der Waals surface area (Å²) in [5.74, 6) is -2.98. The van der Waals surface area contributed by atoms with E-state index in [0.717, 1.165) is 24.0 Å². The first-order valence-electron chi connectivity index (χ1n) is 10.1. The van der Waals surface area contributed by atoms with Crippen molar-refractivity contribution in [1.29, 1.82) is 0 Å². The maximum Gasteiger partial charge on any atom is 0.326 e. The number of carbonyl (C=O) groups is 3. The van der Waals surface area contributed by atoms with Gasteiger partial charge in [-0.1, -0.05) is 12.1 Å². The number of rotatable bonds is 10. The average molecular weight is 440 g/mol. The van der Waals surface area contributed by atoms with E-state index in [1.807, 2.05) is 17.8 Å². The van der Waals surface area contributed by atoms with Gasteiger partial charge in [-0.05, 0) is 48.9 Å². The van der Waals surface area contributed by atoms with Gasteiger partial charge in [0.05, 0.1) is 11.7 Å². The number of nitrogens with zero attached hydrogens (tertiary/aromatic N) is 2. The summed E-state index contributed by atoms with van der Waals surface area (Å²) < 4.78 is 1.83. The Morgan fingerprint density at radius 2 is 1.88 bits per heavy atom. The molecule has 3 aromatic rings. The fraction of sp³-hybridized carbons (Fsp3) is 0.318. The van der Waals surface area contributed by atoms with Crippen LogP contribution in [0, 0.1) is 0 Å². The van der Waals surface area contributed by atoms with Gasteiger partial charge in [-0.25, -0.2) is 9.78 Å². The molecule has 0 aliphatic carbocycles. The van der Waals surface area contributed by atoms with Crippen LogP contribution < -0.4 is 10.9 Å². The minimum absolute atomic E-state index is 0.163. The number of carboxylic acids is 2. The quantitative estimate of drug-likeness (QED) is 0.372. The molecule has 0 bridgehead atoms. The van der Waals surface area contributed by atoms with E-state index in [0.29, 0.717) is 23.0 Å². The number of aromatic amines is 1. The van der Waals surface area contributed by atoms with Gasteiger partial charge in [0.15, 0.2) is 0 Å². The van der Waals surface area contributed by atoms with E-state index in [-0.39, 0.29) is 18.4 Å². The van der Waals surface area contributed by atoms with E-state index in [4.69, 9.17) is 10.2 Å². The van der Waals surface area contributed by atoms with E-state index >= 15 is 0 Å². The van der Waals surface area contributed by atoms with Gasteiger partial charge in [-0.3, -0.25) is 14.4 Å². The van der Waals surface area contributed by atoms with Crippen molar-refractivity contribution in [2.45, 2.75) is 38.1 Å². The van der Waals surface area contributed by atoms with E-state index in [1.54, 1.807) is 24.3 Å². The molecular weight excluding hydrogens is 416 g/mol. The largest absolute Gasteiger partial charge is 0.481 e. The van der Waals surface area contributed by atoms with Crippen molar-refractivity contribution < 1.29 is 24.6 Å². The molecule has 1 atom stereocenters. The zero-order valence-electron chi connectivity index (χ0n) is 17.5. The third-order valence-corrected chi connectivity index (χ3v) is 5.22. The van der Waals surface area contributed by atoms with Crippen LogP contribution in [-0.2, 0) is 29.5 Å². The van der Waals surface area contributed by atoms with Gasteiger partial charge in [0.2, 0.25) is 0 Å². The summed E-state index contributed by atoms with van der Waals surface area (Å²) >= 11 is 0. The lowest BCUT2D eigenvalue weighted by atomic mass is 10.0. The van der Waals surface area contributed by atoms with Gasteiger partial charge in [0.1, 0.15) is 11.7 Å². The number of amides is 1. The lowest BCUT2D eigenvalue weighted by molar-refractivity contribution is -0.140. The second-order valence-corrected chi connectivity index (χ2v) is 7.54. The number of benzene rings is 1. The fourth-order valence-electron chi connectivity index (χ4n) is 3.57.